The molecule has 3 atom stereocenters. The number of para-hydroxylation sites is 1. The average Bonchev–Trinajstić information content (AvgIpc) is 3.43. The highest BCUT2D eigenvalue weighted by Crippen LogP contribution is 2.44. The third kappa shape index (κ3) is 3.11. The normalized spacial score (nSPS) is 24.1. The fourth-order valence-corrected chi connectivity index (χ4v) is 4.97. The average molecular weight is 391 g/mol. The molecule has 148 valence electrons. The van der Waals surface area contributed by atoms with Crippen molar-refractivity contribution >= 4 is 5.91 Å². The first-order valence-electron chi connectivity index (χ1n) is 9.81. The molecule has 2 aliphatic heterocycles. The van der Waals surface area contributed by atoms with Gasteiger partial charge in [0, 0.05) is 31.6 Å². The Morgan fingerprint density at radius 3 is 2.76 bits per heavy atom. The minimum absolute atomic E-state index is 0.00569. The summed E-state index contributed by atoms with van der Waals surface area (Å²) in [6.45, 7) is 2.28. The number of likely N-dealkylation sites (tertiary alicyclic amines) is 2. The topological polar surface area (TPSA) is 54.3 Å². The van der Waals surface area contributed by atoms with E-state index in [9.17, 15) is 9.18 Å². The molecule has 2 aromatic carbocycles. The number of nitrogens with zero attached hydrogens (tertiary/aromatic N) is 5. The molecule has 1 amide bonds. The van der Waals surface area contributed by atoms with Gasteiger partial charge in [-0.25, -0.2) is 14.1 Å². The lowest BCUT2D eigenvalue weighted by atomic mass is 9.89. The highest BCUT2D eigenvalue weighted by molar-refractivity contribution is 5.98. The highest BCUT2D eigenvalue weighted by Gasteiger charge is 2.47. The lowest BCUT2D eigenvalue weighted by Crippen LogP contribution is -2.34. The second-order valence-corrected chi connectivity index (χ2v) is 7.93. The van der Waals surface area contributed by atoms with E-state index in [1.807, 2.05) is 35.2 Å². The number of amides is 1. The molecule has 5 rings (SSSR count). The zero-order chi connectivity index (χ0) is 20.0. The quantitative estimate of drug-likeness (QED) is 0.689. The van der Waals surface area contributed by atoms with E-state index >= 15 is 0 Å². The number of rotatable bonds is 3. The summed E-state index contributed by atoms with van der Waals surface area (Å²) in [5, 5.41) is 4.18. The molecule has 0 N–H and O–H groups in total. The lowest BCUT2D eigenvalue weighted by molar-refractivity contribution is 0.0767. The molecule has 2 fully saturated rings. The predicted molar refractivity (Wildman–Crippen MR) is 106 cm³/mol. The van der Waals surface area contributed by atoms with Crippen molar-refractivity contribution in [3.63, 3.8) is 0 Å². The fraction of sp³-hybridized carbons (Fsp3) is 0.318. The summed E-state index contributed by atoms with van der Waals surface area (Å²) < 4.78 is 15.4. The Morgan fingerprint density at radius 1 is 1.10 bits per heavy atom. The van der Waals surface area contributed by atoms with Crippen molar-refractivity contribution in [2.75, 3.05) is 26.7 Å². The van der Waals surface area contributed by atoms with Gasteiger partial charge in [0.2, 0.25) is 0 Å². The Labute approximate surface area is 168 Å². The maximum absolute atomic E-state index is 13.8. The van der Waals surface area contributed by atoms with E-state index in [-0.39, 0.29) is 17.8 Å². The predicted octanol–water partition coefficient (Wildman–Crippen LogP) is 2.78. The SMILES string of the molecule is CN1C[C@H]2CN(C(=O)c3ccccc3-n3cncn3)C[C@H]2[C@@H]1c1cccc(F)c1. The molecule has 7 heteroatoms. The summed E-state index contributed by atoms with van der Waals surface area (Å²) in [5.41, 5.74) is 2.33. The number of hydrogen-bond acceptors (Lipinski definition) is 4. The first kappa shape index (κ1) is 18.0. The molecule has 0 spiro atoms. The third-order valence-electron chi connectivity index (χ3n) is 6.17. The molecule has 29 heavy (non-hydrogen) atoms. The molecular formula is C22H22FN5O. The minimum atomic E-state index is -0.216. The lowest BCUT2D eigenvalue weighted by Gasteiger charge is -2.27. The molecule has 0 saturated carbocycles. The summed E-state index contributed by atoms with van der Waals surface area (Å²) >= 11 is 0. The van der Waals surface area contributed by atoms with E-state index in [1.54, 1.807) is 23.1 Å². The number of carbonyl (C=O) groups is 1. The first-order valence-corrected chi connectivity index (χ1v) is 9.81. The van der Waals surface area contributed by atoms with Gasteiger partial charge in [0.05, 0.1) is 11.3 Å². The maximum Gasteiger partial charge on any atom is 0.256 e. The fourth-order valence-electron chi connectivity index (χ4n) is 4.97. The van der Waals surface area contributed by atoms with Crippen molar-refractivity contribution in [1.29, 1.82) is 0 Å². The Bertz CT molecular complexity index is 1040. The van der Waals surface area contributed by atoms with Crippen molar-refractivity contribution < 1.29 is 9.18 Å². The van der Waals surface area contributed by atoms with Crippen LogP contribution in [0.15, 0.2) is 61.2 Å². The molecule has 1 aromatic heterocycles. The van der Waals surface area contributed by atoms with Crippen LogP contribution in [0.5, 0.6) is 0 Å². The summed E-state index contributed by atoms with van der Waals surface area (Å²) in [6, 6.07) is 14.4. The van der Waals surface area contributed by atoms with E-state index in [0.29, 0.717) is 30.5 Å². The van der Waals surface area contributed by atoms with Crippen molar-refractivity contribution in [3.05, 3.63) is 78.1 Å². The van der Waals surface area contributed by atoms with Crippen LogP contribution in [0.25, 0.3) is 5.69 Å². The van der Waals surface area contributed by atoms with E-state index in [4.69, 9.17) is 0 Å². The number of benzene rings is 2. The van der Waals surface area contributed by atoms with Gasteiger partial charge < -0.3 is 4.90 Å². The van der Waals surface area contributed by atoms with Gasteiger partial charge in [0.15, 0.2) is 0 Å². The molecular weight excluding hydrogens is 369 g/mol. The first-order chi connectivity index (χ1) is 14.1. The smallest absolute Gasteiger partial charge is 0.256 e. The van der Waals surface area contributed by atoms with Crippen molar-refractivity contribution in [2.45, 2.75) is 6.04 Å². The number of hydrogen-bond donors (Lipinski definition) is 0. The molecule has 3 aromatic rings. The summed E-state index contributed by atoms with van der Waals surface area (Å²) in [4.78, 5) is 21.6. The van der Waals surface area contributed by atoms with Gasteiger partial charge in [-0.1, -0.05) is 24.3 Å². The van der Waals surface area contributed by atoms with Crippen LogP contribution < -0.4 is 0 Å². The van der Waals surface area contributed by atoms with E-state index in [2.05, 4.69) is 22.0 Å². The molecule has 0 radical (unpaired) electrons. The third-order valence-corrected chi connectivity index (χ3v) is 6.17. The van der Waals surface area contributed by atoms with Crippen LogP contribution in [0.4, 0.5) is 4.39 Å². The van der Waals surface area contributed by atoms with Gasteiger partial charge in [-0.05, 0) is 42.8 Å². The molecule has 6 nitrogen and oxygen atoms in total. The molecule has 2 aliphatic rings. The minimum Gasteiger partial charge on any atom is -0.338 e. The standard InChI is InChI=1S/C22H22FN5O/c1-26-10-16-11-27(12-19(16)21(26)15-5-4-6-17(23)9-15)22(29)18-7-2-3-8-20(18)28-14-24-13-25-28/h2-9,13-14,16,19,21H,10-12H2,1H3/t16-,19+,21-/m0/s1. The van der Waals surface area contributed by atoms with Gasteiger partial charge in [-0.3, -0.25) is 9.69 Å². The Balaban J connectivity index is 1.41. The van der Waals surface area contributed by atoms with Crippen molar-refractivity contribution in [3.8, 4) is 5.69 Å². The largest absolute Gasteiger partial charge is 0.338 e. The zero-order valence-corrected chi connectivity index (χ0v) is 16.1. The summed E-state index contributed by atoms with van der Waals surface area (Å²) in [5.74, 6) is 0.471. The van der Waals surface area contributed by atoms with Crippen LogP contribution in [0.1, 0.15) is 22.0 Å². The van der Waals surface area contributed by atoms with Crippen LogP contribution >= 0.6 is 0 Å². The van der Waals surface area contributed by atoms with Crippen LogP contribution in [0.2, 0.25) is 0 Å². The number of halogens is 1. The Hall–Kier alpha value is -3.06. The van der Waals surface area contributed by atoms with Crippen LogP contribution in [-0.4, -0.2) is 57.2 Å². The maximum atomic E-state index is 13.8. The van der Waals surface area contributed by atoms with E-state index in [1.165, 1.54) is 12.4 Å². The Kier molecular flexibility index (Phi) is 4.39. The van der Waals surface area contributed by atoms with Crippen molar-refractivity contribution in [2.24, 2.45) is 11.8 Å². The Morgan fingerprint density at radius 2 is 1.97 bits per heavy atom. The number of fused-ring (bicyclic) bond motifs is 1. The van der Waals surface area contributed by atoms with Crippen LogP contribution in [-0.2, 0) is 0 Å². The zero-order valence-electron chi connectivity index (χ0n) is 16.1. The summed E-state index contributed by atoms with van der Waals surface area (Å²) in [6.07, 6.45) is 3.06. The molecule has 3 heterocycles. The second-order valence-electron chi connectivity index (χ2n) is 7.93. The summed E-state index contributed by atoms with van der Waals surface area (Å²) in [7, 11) is 2.08. The van der Waals surface area contributed by atoms with Crippen molar-refractivity contribution in [1.82, 2.24) is 24.6 Å². The van der Waals surface area contributed by atoms with Gasteiger partial charge >= 0.3 is 0 Å². The van der Waals surface area contributed by atoms with Crippen LogP contribution in [0, 0.1) is 17.7 Å². The van der Waals surface area contributed by atoms with Crippen LogP contribution in [0.3, 0.4) is 0 Å². The second kappa shape index (κ2) is 7.08. The highest BCUT2D eigenvalue weighted by atomic mass is 19.1. The van der Waals surface area contributed by atoms with Gasteiger partial charge in [0.1, 0.15) is 18.5 Å². The van der Waals surface area contributed by atoms with E-state index < -0.39 is 0 Å². The van der Waals surface area contributed by atoms with E-state index in [0.717, 1.165) is 17.8 Å². The van der Waals surface area contributed by atoms with Gasteiger partial charge in [-0.2, -0.15) is 5.10 Å². The number of aromatic nitrogens is 3. The molecule has 2 saturated heterocycles. The number of carbonyl (C=O) groups excluding carboxylic acids is 1. The monoisotopic (exact) mass is 391 g/mol. The molecule has 0 unspecified atom stereocenters. The van der Waals surface area contributed by atoms with Gasteiger partial charge in [-0.15, -0.1) is 0 Å². The van der Waals surface area contributed by atoms with Gasteiger partial charge in [0.25, 0.3) is 5.91 Å². The molecule has 0 bridgehead atoms. The molecule has 0 aliphatic carbocycles.